The van der Waals surface area contributed by atoms with Gasteiger partial charge in [-0.05, 0) is 48.9 Å². The topological polar surface area (TPSA) is 37.3 Å². The van der Waals surface area contributed by atoms with Crippen molar-refractivity contribution in [1.29, 1.82) is 0 Å². The molecule has 1 aromatic rings. The third-order valence-electron chi connectivity index (χ3n) is 3.73. The zero-order valence-electron chi connectivity index (χ0n) is 10.0. The van der Waals surface area contributed by atoms with E-state index in [9.17, 15) is 18.7 Å². The fraction of sp³-hybridized carbons (Fsp3) is 0.500. The van der Waals surface area contributed by atoms with E-state index in [2.05, 4.69) is 0 Å². The van der Waals surface area contributed by atoms with E-state index in [1.54, 1.807) is 0 Å². The molecule has 1 atom stereocenters. The maximum Gasteiger partial charge on any atom is 0.307 e. The minimum Gasteiger partial charge on any atom is -0.481 e. The van der Waals surface area contributed by atoms with Crippen LogP contribution in [0, 0.1) is 23.5 Å². The number of hydrogen-bond donors (Lipinski definition) is 1. The molecule has 0 saturated heterocycles. The van der Waals surface area contributed by atoms with Crippen LogP contribution in [0.4, 0.5) is 8.78 Å². The molecule has 0 heterocycles. The largest absolute Gasteiger partial charge is 0.481 e. The minimum atomic E-state index is -0.912. The highest BCUT2D eigenvalue weighted by Crippen LogP contribution is 2.33. The van der Waals surface area contributed by atoms with Crippen molar-refractivity contribution >= 4 is 5.97 Å². The molecule has 1 aliphatic carbocycles. The molecule has 98 valence electrons. The number of benzene rings is 1. The lowest BCUT2D eigenvalue weighted by Crippen LogP contribution is -2.24. The van der Waals surface area contributed by atoms with Gasteiger partial charge < -0.3 is 5.11 Å². The van der Waals surface area contributed by atoms with Gasteiger partial charge in [0.05, 0.1) is 5.92 Å². The molecular weight excluding hydrogens is 238 g/mol. The van der Waals surface area contributed by atoms with Crippen molar-refractivity contribution in [3.8, 4) is 0 Å². The summed E-state index contributed by atoms with van der Waals surface area (Å²) in [7, 11) is 0. The van der Waals surface area contributed by atoms with E-state index < -0.39 is 23.5 Å². The summed E-state index contributed by atoms with van der Waals surface area (Å²) in [4.78, 5) is 11.3. The quantitative estimate of drug-likeness (QED) is 0.894. The van der Waals surface area contributed by atoms with Crippen molar-refractivity contribution in [3.05, 3.63) is 35.4 Å². The lowest BCUT2D eigenvalue weighted by Gasteiger charge is -2.19. The first-order valence-corrected chi connectivity index (χ1v) is 6.24. The Morgan fingerprint density at radius 1 is 1.33 bits per heavy atom. The molecular formula is C14H16F2O2. The van der Waals surface area contributed by atoms with Crippen LogP contribution >= 0.6 is 0 Å². The Labute approximate surface area is 105 Å². The van der Waals surface area contributed by atoms with Crippen LogP contribution < -0.4 is 0 Å². The molecule has 1 fully saturated rings. The average molecular weight is 254 g/mol. The summed E-state index contributed by atoms with van der Waals surface area (Å²) in [5, 5.41) is 9.24. The minimum absolute atomic E-state index is 0.0730. The van der Waals surface area contributed by atoms with Crippen molar-refractivity contribution in [1.82, 2.24) is 0 Å². The maximum absolute atomic E-state index is 13.5. The van der Waals surface area contributed by atoms with Gasteiger partial charge in [-0.15, -0.1) is 0 Å². The molecule has 18 heavy (non-hydrogen) atoms. The molecule has 0 spiro atoms. The summed E-state index contributed by atoms with van der Waals surface area (Å²) < 4.78 is 26.6. The highest BCUT2D eigenvalue weighted by Gasteiger charge is 2.31. The lowest BCUT2D eigenvalue weighted by atomic mass is 9.85. The molecule has 2 rings (SSSR count). The van der Waals surface area contributed by atoms with Crippen LogP contribution in [0.3, 0.4) is 0 Å². The molecule has 1 N–H and O–H groups in total. The van der Waals surface area contributed by atoms with Gasteiger partial charge in [-0.3, -0.25) is 4.79 Å². The monoisotopic (exact) mass is 254 g/mol. The van der Waals surface area contributed by atoms with E-state index in [-0.39, 0.29) is 17.9 Å². The summed E-state index contributed by atoms with van der Waals surface area (Å²) in [6.45, 7) is 0. The Kier molecular flexibility index (Phi) is 3.94. The predicted octanol–water partition coefficient (Wildman–Crippen LogP) is 3.40. The van der Waals surface area contributed by atoms with Gasteiger partial charge in [-0.25, -0.2) is 8.78 Å². The number of carboxylic acids is 1. The highest BCUT2D eigenvalue weighted by molar-refractivity contribution is 5.70. The molecule has 1 aromatic carbocycles. The maximum atomic E-state index is 13.5. The van der Waals surface area contributed by atoms with Gasteiger partial charge in [0, 0.05) is 0 Å². The van der Waals surface area contributed by atoms with E-state index >= 15 is 0 Å². The summed E-state index contributed by atoms with van der Waals surface area (Å²) in [6.07, 6.45) is 3.87. The Morgan fingerprint density at radius 2 is 2.00 bits per heavy atom. The van der Waals surface area contributed by atoms with Gasteiger partial charge in [0.2, 0.25) is 0 Å². The van der Waals surface area contributed by atoms with Gasteiger partial charge in [0.15, 0.2) is 0 Å². The number of hydrogen-bond acceptors (Lipinski definition) is 1. The van der Waals surface area contributed by atoms with Gasteiger partial charge in [0.25, 0.3) is 0 Å². The molecule has 0 bridgehead atoms. The third kappa shape index (κ3) is 2.86. The second kappa shape index (κ2) is 5.46. The van der Waals surface area contributed by atoms with E-state index in [1.807, 2.05) is 0 Å². The lowest BCUT2D eigenvalue weighted by molar-refractivity contribution is -0.143. The number of rotatable bonds is 4. The van der Waals surface area contributed by atoms with Crippen molar-refractivity contribution in [2.24, 2.45) is 11.8 Å². The second-order valence-electron chi connectivity index (χ2n) is 4.93. The molecule has 0 aliphatic heterocycles. The van der Waals surface area contributed by atoms with Gasteiger partial charge in [-0.2, -0.15) is 0 Å². The van der Waals surface area contributed by atoms with Crippen LogP contribution in [0.15, 0.2) is 18.2 Å². The first kappa shape index (κ1) is 13.0. The van der Waals surface area contributed by atoms with Crippen molar-refractivity contribution in [2.75, 3.05) is 0 Å². The van der Waals surface area contributed by atoms with Crippen molar-refractivity contribution in [3.63, 3.8) is 0 Å². The fourth-order valence-electron chi connectivity index (χ4n) is 2.75. The van der Waals surface area contributed by atoms with Crippen LogP contribution in [0.1, 0.15) is 31.2 Å². The standard InChI is InChI=1S/C14H16F2O2/c15-11-5-6-13(16)10(7-11)8-12(14(17)18)9-3-1-2-4-9/h5-7,9,12H,1-4,8H2,(H,17,18). The molecule has 0 aromatic heterocycles. The first-order valence-electron chi connectivity index (χ1n) is 6.24. The van der Waals surface area contributed by atoms with Crippen LogP contribution in [0.2, 0.25) is 0 Å². The van der Waals surface area contributed by atoms with Gasteiger partial charge in [-0.1, -0.05) is 12.8 Å². The highest BCUT2D eigenvalue weighted by atomic mass is 19.1. The molecule has 0 amide bonds. The van der Waals surface area contributed by atoms with Crippen molar-refractivity contribution < 1.29 is 18.7 Å². The fourth-order valence-corrected chi connectivity index (χ4v) is 2.75. The van der Waals surface area contributed by atoms with Crippen LogP contribution in [-0.2, 0) is 11.2 Å². The second-order valence-corrected chi connectivity index (χ2v) is 4.93. The molecule has 4 heteroatoms. The van der Waals surface area contributed by atoms with Crippen molar-refractivity contribution in [2.45, 2.75) is 32.1 Å². The Bertz CT molecular complexity index is 439. The van der Waals surface area contributed by atoms with Gasteiger partial charge >= 0.3 is 5.97 Å². The molecule has 0 radical (unpaired) electrons. The van der Waals surface area contributed by atoms with Crippen LogP contribution in [0.25, 0.3) is 0 Å². The smallest absolute Gasteiger partial charge is 0.307 e. The number of carbonyl (C=O) groups is 1. The van der Waals surface area contributed by atoms with E-state index in [4.69, 9.17) is 0 Å². The first-order chi connectivity index (χ1) is 8.58. The van der Waals surface area contributed by atoms with Crippen LogP contribution in [0.5, 0.6) is 0 Å². The third-order valence-corrected chi connectivity index (χ3v) is 3.73. The Balaban J connectivity index is 2.17. The van der Waals surface area contributed by atoms with Crippen LogP contribution in [-0.4, -0.2) is 11.1 Å². The zero-order chi connectivity index (χ0) is 13.1. The van der Waals surface area contributed by atoms with Gasteiger partial charge in [0.1, 0.15) is 11.6 Å². The van der Waals surface area contributed by atoms with E-state index in [0.717, 1.165) is 43.9 Å². The van der Waals surface area contributed by atoms with E-state index in [1.165, 1.54) is 0 Å². The molecule has 1 aliphatic rings. The normalized spacial score (nSPS) is 17.9. The zero-order valence-corrected chi connectivity index (χ0v) is 10.0. The average Bonchev–Trinajstić information content (AvgIpc) is 2.83. The Morgan fingerprint density at radius 3 is 2.61 bits per heavy atom. The molecule has 1 saturated carbocycles. The summed E-state index contributed by atoms with van der Waals surface area (Å²) >= 11 is 0. The van der Waals surface area contributed by atoms with E-state index in [0.29, 0.717) is 0 Å². The Hall–Kier alpha value is -1.45. The number of aliphatic carboxylic acids is 1. The summed E-state index contributed by atoms with van der Waals surface area (Å²) in [5.41, 5.74) is 0.161. The summed E-state index contributed by atoms with van der Waals surface area (Å²) in [5.74, 6) is -2.48. The predicted molar refractivity (Wildman–Crippen MR) is 63.1 cm³/mol. The molecule has 1 unspecified atom stereocenters. The summed E-state index contributed by atoms with van der Waals surface area (Å²) in [6, 6.07) is 3.20. The molecule has 2 nitrogen and oxygen atoms in total. The number of carboxylic acid groups (broad SMARTS) is 1. The SMILES string of the molecule is O=C(O)C(Cc1cc(F)ccc1F)C1CCCC1. The number of halogens is 2.